The first-order valence-electron chi connectivity index (χ1n) is 7.45. The molecule has 0 saturated carbocycles. The van der Waals surface area contributed by atoms with E-state index in [-0.39, 0.29) is 6.04 Å². The second-order valence-electron chi connectivity index (χ2n) is 6.21. The number of halogens is 1. The molecule has 3 nitrogen and oxygen atoms in total. The zero-order valence-electron chi connectivity index (χ0n) is 12.6. The Morgan fingerprint density at radius 2 is 1.95 bits per heavy atom. The molecule has 0 aromatic heterocycles. The van der Waals surface area contributed by atoms with E-state index in [9.17, 15) is 0 Å². The molecule has 0 fully saturated rings. The van der Waals surface area contributed by atoms with Crippen LogP contribution in [0.1, 0.15) is 37.4 Å². The third-order valence-corrected chi connectivity index (χ3v) is 4.49. The van der Waals surface area contributed by atoms with E-state index in [1.165, 1.54) is 0 Å². The van der Waals surface area contributed by atoms with Gasteiger partial charge < -0.3 is 4.74 Å². The quantitative estimate of drug-likeness (QED) is 0.767. The lowest BCUT2D eigenvalue weighted by molar-refractivity contribution is -0.0911. The Morgan fingerprint density at radius 3 is 2.73 bits per heavy atom. The lowest BCUT2D eigenvalue weighted by Gasteiger charge is -2.43. The highest BCUT2D eigenvalue weighted by Crippen LogP contribution is 2.47. The summed E-state index contributed by atoms with van der Waals surface area (Å²) in [7, 11) is 0. The standard InChI is InChI=1S/C18H17ClN2O/c1-18(2)21-16(14-10-13(19)8-9-17(14)22-18)11-15(20-21)12-6-4-3-5-7-12/h3-10,16H,11H2,1-2H3/t16-/m1/s1. The van der Waals surface area contributed by atoms with E-state index in [1.54, 1.807) is 0 Å². The molecule has 2 heterocycles. The molecule has 0 N–H and O–H groups in total. The van der Waals surface area contributed by atoms with Crippen LogP contribution in [0.2, 0.25) is 5.02 Å². The Morgan fingerprint density at radius 1 is 1.18 bits per heavy atom. The highest BCUT2D eigenvalue weighted by Gasteiger charge is 2.44. The van der Waals surface area contributed by atoms with Crippen molar-refractivity contribution in [3.8, 4) is 5.75 Å². The molecule has 2 aliphatic heterocycles. The summed E-state index contributed by atoms with van der Waals surface area (Å²) >= 11 is 6.18. The van der Waals surface area contributed by atoms with Gasteiger partial charge >= 0.3 is 0 Å². The second kappa shape index (κ2) is 4.75. The summed E-state index contributed by atoms with van der Waals surface area (Å²) in [5, 5.41) is 7.64. The molecule has 2 aromatic rings. The van der Waals surface area contributed by atoms with Crippen LogP contribution in [0.25, 0.3) is 0 Å². The summed E-state index contributed by atoms with van der Waals surface area (Å²) in [6.07, 6.45) is 0.865. The van der Waals surface area contributed by atoms with Gasteiger partial charge in [-0.2, -0.15) is 5.10 Å². The molecule has 0 unspecified atom stereocenters. The average Bonchev–Trinajstić information content (AvgIpc) is 2.96. The molecule has 0 radical (unpaired) electrons. The Bertz CT molecular complexity index is 755. The summed E-state index contributed by atoms with van der Waals surface area (Å²) in [5.74, 6) is 0.903. The predicted molar refractivity (Wildman–Crippen MR) is 88.3 cm³/mol. The fourth-order valence-electron chi connectivity index (χ4n) is 3.24. The van der Waals surface area contributed by atoms with Gasteiger partial charge in [0.1, 0.15) is 5.75 Å². The van der Waals surface area contributed by atoms with Gasteiger partial charge in [0.15, 0.2) is 5.72 Å². The van der Waals surface area contributed by atoms with E-state index in [1.807, 2.05) is 36.4 Å². The number of hydrogen-bond donors (Lipinski definition) is 0. The van der Waals surface area contributed by atoms with Crippen molar-refractivity contribution in [2.75, 3.05) is 0 Å². The lowest BCUT2D eigenvalue weighted by atomic mass is 9.95. The Hall–Kier alpha value is -2.00. The first kappa shape index (κ1) is 13.6. The Balaban J connectivity index is 1.79. The number of nitrogens with zero attached hydrogens (tertiary/aromatic N) is 2. The molecular weight excluding hydrogens is 296 g/mol. The van der Waals surface area contributed by atoms with E-state index in [2.05, 4.69) is 31.0 Å². The maximum absolute atomic E-state index is 6.18. The summed E-state index contributed by atoms with van der Waals surface area (Å²) < 4.78 is 6.13. The van der Waals surface area contributed by atoms with Gasteiger partial charge in [0.25, 0.3) is 0 Å². The van der Waals surface area contributed by atoms with Crippen molar-refractivity contribution in [2.45, 2.75) is 32.0 Å². The fraction of sp³-hybridized carbons (Fsp3) is 0.278. The van der Waals surface area contributed by atoms with Crippen LogP contribution in [0.3, 0.4) is 0 Å². The van der Waals surface area contributed by atoms with Crippen LogP contribution in [0.5, 0.6) is 5.75 Å². The van der Waals surface area contributed by atoms with E-state index in [0.29, 0.717) is 0 Å². The van der Waals surface area contributed by atoms with Gasteiger partial charge in [-0.1, -0.05) is 41.9 Å². The van der Waals surface area contributed by atoms with E-state index in [0.717, 1.165) is 34.0 Å². The first-order chi connectivity index (χ1) is 10.5. The molecule has 4 heteroatoms. The molecule has 0 amide bonds. The van der Waals surface area contributed by atoms with E-state index < -0.39 is 5.72 Å². The smallest absolute Gasteiger partial charge is 0.192 e. The second-order valence-corrected chi connectivity index (χ2v) is 6.64. The highest BCUT2D eigenvalue weighted by molar-refractivity contribution is 6.30. The molecule has 112 valence electrons. The molecule has 4 rings (SSSR count). The minimum absolute atomic E-state index is 0.174. The summed E-state index contributed by atoms with van der Waals surface area (Å²) in [5.41, 5.74) is 2.90. The number of hydrazone groups is 1. The summed E-state index contributed by atoms with van der Waals surface area (Å²) in [6.45, 7) is 4.10. The van der Waals surface area contributed by atoms with Crippen molar-refractivity contribution in [2.24, 2.45) is 5.10 Å². The first-order valence-corrected chi connectivity index (χ1v) is 7.83. The number of ether oxygens (including phenoxy) is 1. The zero-order chi connectivity index (χ0) is 15.3. The molecule has 0 spiro atoms. The molecule has 2 aliphatic rings. The van der Waals surface area contributed by atoms with Crippen molar-refractivity contribution in [1.29, 1.82) is 0 Å². The SMILES string of the molecule is CC1(C)Oc2ccc(Cl)cc2[C@H]2CC(c3ccccc3)=NN21. The van der Waals surface area contributed by atoms with E-state index in [4.69, 9.17) is 21.4 Å². The van der Waals surface area contributed by atoms with Crippen LogP contribution < -0.4 is 4.74 Å². The number of fused-ring (bicyclic) bond motifs is 3. The zero-order valence-corrected chi connectivity index (χ0v) is 13.3. The maximum Gasteiger partial charge on any atom is 0.192 e. The monoisotopic (exact) mass is 312 g/mol. The normalized spacial score (nSPS) is 21.7. The largest absolute Gasteiger partial charge is 0.467 e. The van der Waals surface area contributed by atoms with Gasteiger partial charge in [0, 0.05) is 17.0 Å². The van der Waals surface area contributed by atoms with Gasteiger partial charge in [-0.3, -0.25) is 0 Å². The van der Waals surface area contributed by atoms with Crippen LogP contribution >= 0.6 is 11.6 Å². The lowest BCUT2D eigenvalue weighted by Crippen LogP contribution is -2.48. The average molecular weight is 313 g/mol. The van der Waals surface area contributed by atoms with Gasteiger partial charge in [0.2, 0.25) is 0 Å². The van der Waals surface area contributed by atoms with Crippen molar-refractivity contribution < 1.29 is 4.74 Å². The molecule has 0 bridgehead atoms. The van der Waals surface area contributed by atoms with Crippen LogP contribution in [-0.4, -0.2) is 16.4 Å². The molecular formula is C18H17ClN2O. The topological polar surface area (TPSA) is 24.8 Å². The molecule has 22 heavy (non-hydrogen) atoms. The van der Waals surface area contributed by atoms with Crippen LogP contribution in [0, 0.1) is 0 Å². The number of hydrogen-bond acceptors (Lipinski definition) is 3. The highest BCUT2D eigenvalue weighted by atomic mass is 35.5. The Kier molecular flexibility index (Phi) is 2.95. The minimum Gasteiger partial charge on any atom is -0.467 e. The summed E-state index contributed by atoms with van der Waals surface area (Å²) in [4.78, 5) is 0. The number of rotatable bonds is 1. The third-order valence-electron chi connectivity index (χ3n) is 4.26. The van der Waals surface area contributed by atoms with Gasteiger partial charge in [-0.05, 0) is 37.6 Å². The maximum atomic E-state index is 6.18. The van der Waals surface area contributed by atoms with Crippen LogP contribution in [0.15, 0.2) is 53.6 Å². The van der Waals surface area contributed by atoms with Crippen molar-refractivity contribution >= 4 is 17.3 Å². The fourth-order valence-corrected chi connectivity index (χ4v) is 3.42. The Labute approximate surface area is 135 Å². The van der Waals surface area contributed by atoms with Crippen molar-refractivity contribution in [3.63, 3.8) is 0 Å². The van der Waals surface area contributed by atoms with Gasteiger partial charge in [-0.25, -0.2) is 5.01 Å². The molecule has 1 atom stereocenters. The van der Waals surface area contributed by atoms with Crippen LogP contribution in [0.4, 0.5) is 0 Å². The third kappa shape index (κ3) is 2.08. The van der Waals surface area contributed by atoms with Gasteiger partial charge in [0.05, 0.1) is 11.8 Å². The summed E-state index contributed by atoms with van der Waals surface area (Å²) in [6, 6.07) is 16.3. The van der Waals surface area contributed by atoms with Gasteiger partial charge in [-0.15, -0.1) is 0 Å². The minimum atomic E-state index is -0.470. The van der Waals surface area contributed by atoms with Crippen LogP contribution in [-0.2, 0) is 0 Å². The van der Waals surface area contributed by atoms with Crippen molar-refractivity contribution in [3.05, 3.63) is 64.7 Å². The number of benzene rings is 2. The predicted octanol–water partition coefficient (Wildman–Crippen LogP) is 4.62. The molecule has 0 aliphatic carbocycles. The van der Waals surface area contributed by atoms with E-state index >= 15 is 0 Å². The molecule has 0 saturated heterocycles. The molecule has 2 aromatic carbocycles. The van der Waals surface area contributed by atoms with Crippen molar-refractivity contribution in [1.82, 2.24) is 5.01 Å².